The molecule has 7 heteroatoms. The highest BCUT2D eigenvalue weighted by molar-refractivity contribution is 5.50. The number of benzene rings is 1. The number of halogens is 3. The average Bonchev–Trinajstić information content (AvgIpc) is 2.27. The quantitative estimate of drug-likeness (QED) is 0.482. The van der Waals surface area contributed by atoms with Crippen molar-refractivity contribution < 1.29 is 22.8 Å². The molecule has 0 aliphatic rings. The van der Waals surface area contributed by atoms with Crippen LogP contribution in [0.25, 0.3) is 0 Å². The van der Waals surface area contributed by atoms with E-state index in [1.165, 1.54) is 13.8 Å². The van der Waals surface area contributed by atoms with Crippen LogP contribution in [0.4, 0.5) is 18.9 Å². The summed E-state index contributed by atoms with van der Waals surface area (Å²) in [5.74, 6) is 1.93. The molecule has 1 rings (SSSR count). The summed E-state index contributed by atoms with van der Waals surface area (Å²) in [6, 6.07) is 2.01. The van der Waals surface area contributed by atoms with Crippen LogP contribution in [-0.4, -0.2) is 10.5 Å². The van der Waals surface area contributed by atoms with Crippen molar-refractivity contribution in [2.75, 3.05) is 0 Å². The molecule has 0 spiro atoms. The number of nitro benzene ring substituents is 1. The van der Waals surface area contributed by atoms with Crippen LogP contribution in [0.2, 0.25) is 0 Å². The minimum Gasteiger partial charge on any atom is -0.468 e. The number of alkyl halides is 3. The number of hydrogen-bond donors (Lipinski definition) is 0. The first-order valence-corrected chi connectivity index (χ1v) is 5.09. The number of rotatable bonds is 3. The molecule has 0 aromatic heterocycles. The lowest BCUT2D eigenvalue weighted by atomic mass is 10.1. The summed E-state index contributed by atoms with van der Waals surface area (Å²) in [4.78, 5) is 9.83. The lowest BCUT2D eigenvalue weighted by Crippen LogP contribution is -2.26. The van der Waals surface area contributed by atoms with Crippen molar-refractivity contribution in [1.29, 1.82) is 0 Å². The molecule has 0 heterocycles. The molecule has 19 heavy (non-hydrogen) atoms. The van der Waals surface area contributed by atoms with Gasteiger partial charge in [0.15, 0.2) is 11.4 Å². The molecule has 1 aromatic carbocycles. The maximum Gasteiger partial charge on any atom is 0.416 e. The van der Waals surface area contributed by atoms with Crippen LogP contribution < -0.4 is 4.74 Å². The topological polar surface area (TPSA) is 52.4 Å². The first-order valence-electron chi connectivity index (χ1n) is 5.09. The fourth-order valence-corrected chi connectivity index (χ4v) is 1.23. The van der Waals surface area contributed by atoms with Gasteiger partial charge in [-0.2, -0.15) is 13.2 Å². The molecule has 0 fully saturated rings. The third-order valence-electron chi connectivity index (χ3n) is 2.20. The highest BCUT2D eigenvalue weighted by Gasteiger charge is 2.34. The van der Waals surface area contributed by atoms with Crippen LogP contribution in [0.15, 0.2) is 18.2 Å². The molecule has 0 bridgehead atoms. The van der Waals surface area contributed by atoms with Gasteiger partial charge in [0, 0.05) is 6.07 Å². The fraction of sp³-hybridized carbons (Fsp3) is 0.333. The minimum atomic E-state index is -4.66. The van der Waals surface area contributed by atoms with Gasteiger partial charge in [-0.05, 0) is 26.0 Å². The predicted octanol–water partition coefficient (Wildman–Crippen LogP) is 3.40. The van der Waals surface area contributed by atoms with Gasteiger partial charge in [0.25, 0.3) is 0 Å². The molecule has 0 atom stereocenters. The van der Waals surface area contributed by atoms with Crippen molar-refractivity contribution in [1.82, 2.24) is 0 Å². The summed E-state index contributed by atoms with van der Waals surface area (Å²) in [7, 11) is 0. The van der Waals surface area contributed by atoms with Crippen LogP contribution in [0.1, 0.15) is 19.4 Å². The maximum absolute atomic E-state index is 12.5. The van der Waals surface area contributed by atoms with E-state index in [9.17, 15) is 23.3 Å². The van der Waals surface area contributed by atoms with Gasteiger partial charge in [0.1, 0.15) is 0 Å². The summed E-state index contributed by atoms with van der Waals surface area (Å²) >= 11 is 0. The van der Waals surface area contributed by atoms with E-state index in [4.69, 9.17) is 11.2 Å². The number of terminal acetylenes is 1. The highest BCUT2D eigenvalue weighted by atomic mass is 19.4. The smallest absolute Gasteiger partial charge is 0.416 e. The molecule has 0 aliphatic heterocycles. The van der Waals surface area contributed by atoms with E-state index in [1.54, 1.807) is 0 Å². The highest BCUT2D eigenvalue weighted by Crippen LogP contribution is 2.37. The Kier molecular flexibility index (Phi) is 3.75. The molecule has 4 nitrogen and oxygen atoms in total. The predicted molar refractivity (Wildman–Crippen MR) is 61.6 cm³/mol. The number of ether oxygens (including phenoxy) is 1. The van der Waals surface area contributed by atoms with Gasteiger partial charge in [-0.3, -0.25) is 10.1 Å². The van der Waals surface area contributed by atoms with E-state index >= 15 is 0 Å². The fourth-order valence-electron chi connectivity index (χ4n) is 1.23. The Morgan fingerprint density at radius 1 is 1.37 bits per heavy atom. The van der Waals surface area contributed by atoms with Crippen molar-refractivity contribution in [3.05, 3.63) is 33.9 Å². The maximum atomic E-state index is 12.5. The van der Waals surface area contributed by atoms with Gasteiger partial charge >= 0.3 is 11.9 Å². The van der Waals surface area contributed by atoms with Crippen molar-refractivity contribution >= 4 is 5.69 Å². The molecule has 0 saturated heterocycles. The molecular weight excluding hydrogens is 263 g/mol. The normalized spacial score (nSPS) is 11.8. The molecule has 0 aliphatic carbocycles. The van der Waals surface area contributed by atoms with Crippen LogP contribution in [0.5, 0.6) is 5.75 Å². The summed E-state index contributed by atoms with van der Waals surface area (Å²) in [5.41, 5.74) is -3.06. The van der Waals surface area contributed by atoms with E-state index in [-0.39, 0.29) is 5.75 Å². The molecule has 0 unspecified atom stereocenters. The zero-order valence-electron chi connectivity index (χ0n) is 10.1. The van der Waals surface area contributed by atoms with E-state index in [2.05, 4.69) is 5.92 Å². The molecule has 102 valence electrons. The summed E-state index contributed by atoms with van der Waals surface area (Å²) in [6.45, 7) is 2.93. The Labute approximate surface area is 107 Å². The molecule has 0 radical (unpaired) electrons. The second kappa shape index (κ2) is 4.80. The zero-order chi connectivity index (χ0) is 14.8. The number of hydrogen-bond acceptors (Lipinski definition) is 3. The molecular formula is C12H10F3NO3. The number of nitrogens with zero attached hydrogens (tertiary/aromatic N) is 1. The molecule has 1 aromatic rings. The second-order valence-corrected chi connectivity index (χ2v) is 4.19. The lowest BCUT2D eigenvalue weighted by Gasteiger charge is -2.20. The summed E-state index contributed by atoms with van der Waals surface area (Å²) in [5, 5.41) is 10.8. The standard InChI is InChI=1S/C12H10F3NO3/c1-4-11(2,3)19-10-6-5-8(12(13,14)15)7-9(10)16(17)18/h1,5-7H,2-3H3. The van der Waals surface area contributed by atoms with Gasteiger partial charge in [0.05, 0.1) is 10.5 Å². The molecule has 0 saturated carbocycles. The average molecular weight is 273 g/mol. The Balaban J connectivity index is 3.29. The van der Waals surface area contributed by atoms with Crippen LogP contribution >= 0.6 is 0 Å². The number of nitro groups is 1. The van der Waals surface area contributed by atoms with Crippen molar-refractivity contribution in [3.8, 4) is 18.1 Å². The zero-order valence-corrected chi connectivity index (χ0v) is 10.1. The first-order chi connectivity index (χ1) is 8.57. The van der Waals surface area contributed by atoms with Crippen LogP contribution in [0.3, 0.4) is 0 Å². The largest absolute Gasteiger partial charge is 0.468 e. The monoisotopic (exact) mass is 273 g/mol. The van der Waals surface area contributed by atoms with Crippen molar-refractivity contribution in [2.24, 2.45) is 0 Å². The Morgan fingerprint density at radius 2 is 1.95 bits per heavy atom. The van der Waals surface area contributed by atoms with E-state index in [0.29, 0.717) is 12.1 Å². The van der Waals surface area contributed by atoms with E-state index < -0.39 is 28.0 Å². The van der Waals surface area contributed by atoms with Crippen LogP contribution in [0, 0.1) is 22.5 Å². The van der Waals surface area contributed by atoms with Gasteiger partial charge < -0.3 is 4.74 Å². The second-order valence-electron chi connectivity index (χ2n) is 4.19. The first kappa shape index (κ1) is 14.8. The van der Waals surface area contributed by atoms with Gasteiger partial charge in [0.2, 0.25) is 0 Å². The Morgan fingerprint density at radius 3 is 2.37 bits per heavy atom. The summed E-state index contributed by atoms with van der Waals surface area (Å²) < 4.78 is 42.6. The van der Waals surface area contributed by atoms with E-state index in [1.807, 2.05) is 0 Å². The Hall–Kier alpha value is -2.23. The third-order valence-corrected chi connectivity index (χ3v) is 2.20. The third kappa shape index (κ3) is 3.61. The van der Waals surface area contributed by atoms with Crippen LogP contribution in [-0.2, 0) is 6.18 Å². The van der Waals surface area contributed by atoms with Crippen molar-refractivity contribution in [3.63, 3.8) is 0 Å². The Bertz CT molecular complexity index is 544. The van der Waals surface area contributed by atoms with Gasteiger partial charge in [-0.1, -0.05) is 5.92 Å². The SMILES string of the molecule is C#CC(C)(C)Oc1ccc(C(F)(F)F)cc1[N+](=O)[O-]. The van der Waals surface area contributed by atoms with Gasteiger partial charge in [-0.15, -0.1) is 6.42 Å². The van der Waals surface area contributed by atoms with Crippen molar-refractivity contribution in [2.45, 2.75) is 25.6 Å². The lowest BCUT2D eigenvalue weighted by molar-refractivity contribution is -0.386. The van der Waals surface area contributed by atoms with Gasteiger partial charge in [-0.25, -0.2) is 0 Å². The molecule has 0 amide bonds. The molecule has 0 N–H and O–H groups in total. The van der Waals surface area contributed by atoms with E-state index in [0.717, 1.165) is 6.07 Å². The minimum absolute atomic E-state index is 0.305. The summed E-state index contributed by atoms with van der Waals surface area (Å²) in [6.07, 6.45) is 0.493.